The van der Waals surface area contributed by atoms with Crippen LogP contribution in [0, 0.1) is 6.92 Å². The molecular weight excluding hydrogens is 370 g/mol. The van der Waals surface area contributed by atoms with E-state index >= 15 is 0 Å². The zero-order valence-electron chi connectivity index (χ0n) is 15.8. The number of methoxy groups -OCH3 is 2. The average molecular weight is 393 g/mol. The highest BCUT2D eigenvalue weighted by Gasteiger charge is 2.30. The van der Waals surface area contributed by atoms with Gasteiger partial charge in [0.05, 0.1) is 31.4 Å². The minimum atomic E-state index is -4.04. The summed E-state index contributed by atoms with van der Waals surface area (Å²) in [5.41, 5.74) is 1.11. The monoisotopic (exact) mass is 393 g/mol. The molecule has 0 aliphatic rings. The quantitative estimate of drug-likeness (QED) is 0.642. The van der Waals surface area contributed by atoms with Crippen LogP contribution in [0.4, 0.5) is 5.69 Å². The lowest BCUT2D eigenvalue weighted by Gasteiger charge is -2.25. The summed E-state index contributed by atoms with van der Waals surface area (Å²) in [6.07, 6.45) is 0. The summed E-state index contributed by atoms with van der Waals surface area (Å²) in [6, 6.07) is 11.1. The Kier molecular flexibility index (Phi) is 6.68. The number of carbonyl (C=O) groups excluding carboxylic acids is 1. The van der Waals surface area contributed by atoms with Crippen molar-refractivity contribution in [3.8, 4) is 11.5 Å². The number of aryl methyl sites for hydroxylation is 1. The lowest BCUT2D eigenvalue weighted by molar-refractivity contribution is -0.141. The Morgan fingerprint density at radius 1 is 1.04 bits per heavy atom. The van der Waals surface area contributed by atoms with Crippen molar-refractivity contribution in [2.75, 3.05) is 31.7 Å². The van der Waals surface area contributed by atoms with E-state index in [2.05, 4.69) is 0 Å². The van der Waals surface area contributed by atoms with Crippen LogP contribution >= 0.6 is 0 Å². The molecule has 0 bridgehead atoms. The molecule has 0 amide bonds. The number of ether oxygens (including phenoxy) is 3. The second kappa shape index (κ2) is 8.77. The SMILES string of the molecule is CCOC(=O)CN(c1cc(OC)ccc1OC)S(=O)(=O)c1ccc(C)cc1. The van der Waals surface area contributed by atoms with Crippen molar-refractivity contribution < 1.29 is 27.4 Å². The average Bonchev–Trinajstić information content (AvgIpc) is 2.66. The molecule has 7 nitrogen and oxygen atoms in total. The van der Waals surface area contributed by atoms with Crippen molar-refractivity contribution in [2.45, 2.75) is 18.7 Å². The van der Waals surface area contributed by atoms with E-state index in [-0.39, 0.29) is 22.9 Å². The van der Waals surface area contributed by atoms with Crippen LogP contribution in [0.5, 0.6) is 11.5 Å². The fourth-order valence-electron chi connectivity index (χ4n) is 2.45. The molecule has 0 unspecified atom stereocenters. The summed E-state index contributed by atoms with van der Waals surface area (Å²) < 4.78 is 43.0. The molecule has 0 saturated heterocycles. The molecule has 2 aromatic carbocycles. The highest BCUT2D eigenvalue weighted by atomic mass is 32.2. The molecule has 27 heavy (non-hydrogen) atoms. The van der Waals surface area contributed by atoms with Crippen LogP contribution in [-0.2, 0) is 19.6 Å². The molecule has 0 aliphatic heterocycles. The van der Waals surface area contributed by atoms with E-state index in [0.29, 0.717) is 5.75 Å². The first-order chi connectivity index (χ1) is 12.8. The molecule has 0 N–H and O–H groups in total. The van der Waals surface area contributed by atoms with Gasteiger partial charge in [-0.25, -0.2) is 8.42 Å². The molecule has 0 aromatic heterocycles. The molecule has 146 valence electrons. The second-order valence-electron chi connectivity index (χ2n) is 5.67. The maximum atomic E-state index is 13.3. The van der Waals surface area contributed by atoms with Crippen molar-refractivity contribution in [3.63, 3.8) is 0 Å². The molecule has 8 heteroatoms. The van der Waals surface area contributed by atoms with Gasteiger partial charge in [-0.05, 0) is 38.1 Å². The lowest BCUT2D eigenvalue weighted by Crippen LogP contribution is -2.37. The molecule has 0 fully saturated rings. The van der Waals surface area contributed by atoms with Crippen LogP contribution in [-0.4, -0.2) is 41.8 Å². The number of carbonyl (C=O) groups is 1. The van der Waals surface area contributed by atoms with E-state index in [0.717, 1.165) is 9.87 Å². The fourth-order valence-corrected chi connectivity index (χ4v) is 3.86. The predicted octanol–water partition coefficient (Wildman–Crippen LogP) is 2.77. The third-order valence-corrected chi connectivity index (χ3v) is 5.62. The fraction of sp³-hybridized carbons (Fsp3) is 0.316. The van der Waals surface area contributed by atoms with Crippen molar-refractivity contribution in [1.82, 2.24) is 0 Å². The standard InChI is InChI=1S/C19H23NO6S/c1-5-26-19(21)13-20(17-12-15(24-3)8-11-18(17)25-4)27(22,23)16-9-6-14(2)7-10-16/h6-12H,5,13H2,1-4H3. The van der Waals surface area contributed by atoms with Crippen molar-refractivity contribution in [3.05, 3.63) is 48.0 Å². The molecule has 0 saturated carbocycles. The lowest BCUT2D eigenvalue weighted by atomic mass is 10.2. The van der Waals surface area contributed by atoms with Gasteiger partial charge in [0, 0.05) is 6.07 Å². The third kappa shape index (κ3) is 4.71. The Bertz CT molecular complexity index is 893. The van der Waals surface area contributed by atoms with Gasteiger partial charge in [-0.3, -0.25) is 9.10 Å². The van der Waals surface area contributed by atoms with Gasteiger partial charge in [-0.2, -0.15) is 0 Å². The first-order valence-electron chi connectivity index (χ1n) is 8.30. The second-order valence-corrected chi connectivity index (χ2v) is 7.53. The largest absolute Gasteiger partial charge is 0.497 e. The predicted molar refractivity (Wildman–Crippen MR) is 102 cm³/mol. The Morgan fingerprint density at radius 3 is 2.26 bits per heavy atom. The Balaban J connectivity index is 2.61. The van der Waals surface area contributed by atoms with Gasteiger partial charge >= 0.3 is 5.97 Å². The highest BCUT2D eigenvalue weighted by molar-refractivity contribution is 7.92. The molecule has 0 atom stereocenters. The van der Waals surface area contributed by atoms with Gasteiger partial charge < -0.3 is 14.2 Å². The maximum absolute atomic E-state index is 13.3. The molecular formula is C19H23NO6S. The van der Waals surface area contributed by atoms with E-state index < -0.39 is 22.5 Å². The molecule has 0 aliphatic carbocycles. The van der Waals surface area contributed by atoms with Gasteiger partial charge in [0.2, 0.25) is 0 Å². The number of anilines is 1. The van der Waals surface area contributed by atoms with Crippen LogP contribution in [0.15, 0.2) is 47.4 Å². The van der Waals surface area contributed by atoms with Crippen LogP contribution in [0.2, 0.25) is 0 Å². The third-order valence-electron chi connectivity index (χ3n) is 3.84. The summed E-state index contributed by atoms with van der Waals surface area (Å²) in [5.74, 6) is 0.0487. The molecule has 0 radical (unpaired) electrons. The number of benzene rings is 2. The molecule has 0 spiro atoms. The minimum absolute atomic E-state index is 0.0577. The summed E-state index contributed by atoms with van der Waals surface area (Å²) in [7, 11) is -1.15. The summed E-state index contributed by atoms with van der Waals surface area (Å²) in [5, 5.41) is 0. The molecule has 0 heterocycles. The van der Waals surface area contributed by atoms with Gasteiger partial charge in [-0.1, -0.05) is 17.7 Å². The summed E-state index contributed by atoms with van der Waals surface area (Å²) in [4.78, 5) is 12.2. The Hall–Kier alpha value is -2.74. The van der Waals surface area contributed by atoms with E-state index in [1.165, 1.54) is 32.4 Å². The van der Waals surface area contributed by atoms with Crippen LogP contribution in [0.3, 0.4) is 0 Å². The Labute approximate surface area is 159 Å². The van der Waals surface area contributed by atoms with Gasteiger partial charge in [0.25, 0.3) is 10.0 Å². The first-order valence-corrected chi connectivity index (χ1v) is 9.74. The number of hydrogen-bond donors (Lipinski definition) is 0. The molecule has 2 rings (SSSR count). The summed E-state index contributed by atoms with van der Waals surface area (Å²) >= 11 is 0. The molecule has 2 aromatic rings. The zero-order valence-corrected chi connectivity index (χ0v) is 16.6. The van der Waals surface area contributed by atoms with E-state index in [4.69, 9.17) is 14.2 Å². The number of sulfonamides is 1. The summed E-state index contributed by atoms with van der Waals surface area (Å²) in [6.45, 7) is 3.17. The van der Waals surface area contributed by atoms with Crippen molar-refractivity contribution in [1.29, 1.82) is 0 Å². The van der Waals surface area contributed by atoms with Crippen molar-refractivity contribution in [2.24, 2.45) is 0 Å². The van der Waals surface area contributed by atoms with Crippen molar-refractivity contribution >= 4 is 21.7 Å². The highest BCUT2D eigenvalue weighted by Crippen LogP contribution is 2.35. The van der Waals surface area contributed by atoms with Crippen LogP contribution in [0.1, 0.15) is 12.5 Å². The number of hydrogen-bond acceptors (Lipinski definition) is 6. The smallest absolute Gasteiger partial charge is 0.326 e. The zero-order chi connectivity index (χ0) is 20.0. The Morgan fingerprint density at radius 2 is 1.70 bits per heavy atom. The first kappa shape index (κ1) is 20.6. The van der Waals surface area contributed by atoms with Gasteiger partial charge in [-0.15, -0.1) is 0 Å². The topological polar surface area (TPSA) is 82.1 Å². The normalized spacial score (nSPS) is 11.0. The number of rotatable bonds is 8. The van der Waals surface area contributed by atoms with Crippen LogP contribution < -0.4 is 13.8 Å². The number of nitrogens with zero attached hydrogens (tertiary/aromatic N) is 1. The minimum Gasteiger partial charge on any atom is -0.497 e. The number of esters is 1. The maximum Gasteiger partial charge on any atom is 0.326 e. The van der Waals surface area contributed by atoms with Gasteiger partial charge in [0.1, 0.15) is 18.0 Å². The van der Waals surface area contributed by atoms with E-state index in [1.54, 1.807) is 31.2 Å². The van der Waals surface area contributed by atoms with Gasteiger partial charge in [0.15, 0.2) is 0 Å². The van der Waals surface area contributed by atoms with E-state index in [9.17, 15) is 13.2 Å². The van der Waals surface area contributed by atoms with E-state index in [1.807, 2.05) is 6.92 Å². The van der Waals surface area contributed by atoms with Crippen LogP contribution in [0.25, 0.3) is 0 Å².